The van der Waals surface area contributed by atoms with Gasteiger partial charge in [0.25, 0.3) is 0 Å². The zero-order valence-electron chi connectivity index (χ0n) is 10.4. The summed E-state index contributed by atoms with van der Waals surface area (Å²) in [6.07, 6.45) is 7.69. The number of rotatable bonds is 0. The van der Waals surface area contributed by atoms with Crippen molar-refractivity contribution in [2.75, 3.05) is 6.61 Å². The van der Waals surface area contributed by atoms with Crippen molar-refractivity contribution >= 4 is 0 Å². The first-order valence-electron chi connectivity index (χ1n) is 6.36. The number of allylic oxidation sites excluding steroid dienone is 2. The van der Waals surface area contributed by atoms with Gasteiger partial charge in [0.2, 0.25) is 0 Å². The third kappa shape index (κ3) is 3.52. The van der Waals surface area contributed by atoms with Gasteiger partial charge >= 0.3 is 0 Å². The normalized spacial score (nSPS) is 17.4. The lowest BCUT2D eigenvalue weighted by molar-refractivity contribution is 0.307. The molecule has 1 aliphatic rings. The van der Waals surface area contributed by atoms with E-state index in [1.54, 1.807) is 6.07 Å². The van der Waals surface area contributed by atoms with Gasteiger partial charge in [0.05, 0.1) is 6.61 Å². The first kappa shape index (κ1) is 12.0. The molecule has 2 heteroatoms. The maximum Gasteiger partial charge on any atom is 0.122 e. The number of phenols is 1. The molecule has 0 saturated heterocycles. The Balaban J connectivity index is 2.14. The van der Waals surface area contributed by atoms with Gasteiger partial charge in [-0.05, 0) is 62.8 Å². The Morgan fingerprint density at radius 1 is 1.18 bits per heavy atom. The molecule has 0 bridgehead atoms. The molecule has 1 N–H and O–H groups in total. The number of benzene rings is 1. The van der Waals surface area contributed by atoms with Gasteiger partial charge in [-0.25, -0.2) is 0 Å². The highest BCUT2D eigenvalue weighted by atomic mass is 16.5. The van der Waals surface area contributed by atoms with Crippen LogP contribution >= 0.6 is 0 Å². The third-order valence-electron chi connectivity index (χ3n) is 3.16. The lowest BCUT2D eigenvalue weighted by Crippen LogP contribution is -2.00. The summed E-state index contributed by atoms with van der Waals surface area (Å²) in [7, 11) is 0. The number of hydrogen-bond acceptors (Lipinski definition) is 2. The Kier molecular flexibility index (Phi) is 4.08. The molecule has 0 amide bonds. The largest absolute Gasteiger partial charge is 0.508 e. The molecule has 0 aliphatic carbocycles. The van der Waals surface area contributed by atoms with Crippen molar-refractivity contribution in [2.24, 2.45) is 0 Å². The second-order valence-electron chi connectivity index (χ2n) is 4.69. The quantitative estimate of drug-likeness (QED) is 0.689. The molecule has 0 unspecified atom stereocenters. The third-order valence-corrected chi connectivity index (χ3v) is 3.16. The van der Waals surface area contributed by atoms with Crippen molar-refractivity contribution in [2.45, 2.75) is 39.0 Å². The summed E-state index contributed by atoms with van der Waals surface area (Å²) in [4.78, 5) is 0. The highest BCUT2D eigenvalue weighted by Crippen LogP contribution is 2.26. The minimum Gasteiger partial charge on any atom is -0.508 e. The number of aromatic hydroxyl groups is 1. The van der Waals surface area contributed by atoms with E-state index >= 15 is 0 Å². The standard InChI is InChI=1S/C15H20O2/c1-12-5-2-3-7-13-11-14(16)8-9-15(13)17-10-4-6-12/h5,8-9,11,16H,2-4,6-7,10H2,1H3. The average Bonchev–Trinajstić information content (AvgIpc) is 2.35. The molecular formula is C15H20O2. The van der Waals surface area contributed by atoms with Crippen LogP contribution in [-0.2, 0) is 6.42 Å². The summed E-state index contributed by atoms with van der Waals surface area (Å²) in [5.41, 5.74) is 2.58. The Morgan fingerprint density at radius 3 is 2.94 bits per heavy atom. The fraction of sp³-hybridized carbons (Fsp3) is 0.467. The summed E-state index contributed by atoms with van der Waals surface area (Å²) in [5, 5.41) is 9.51. The highest BCUT2D eigenvalue weighted by Gasteiger charge is 2.06. The highest BCUT2D eigenvalue weighted by molar-refractivity contribution is 5.39. The maximum absolute atomic E-state index is 9.51. The molecule has 0 fully saturated rings. The first-order valence-corrected chi connectivity index (χ1v) is 6.36. The zero-order valence-corrected chi connectivity index (χ0v) is 10.4. The molecule has 1 aromatic rings. The average molecular weight is 232 g/mol. The fourth-order valence-electron chi connectivity index (χ4n) is 2.18. The van der Waals surface area contributed by atoms with E-state index in [2.05, 4.69) is 13.0 Å². The molecule has 0 aromatic heterocycles. The van der Waals surface area contributed by atoms with Crippen LogP contribution in [0.15, 0.2) is 29.8 Å². The van der Waals surface area contributed by atoms with E-state index in [0.717, 1.165) is 50.0 Å². The Morgan fingerprint density at radius 2 is 2.06 bits per heavy atom. The SMILES string of the molecule is CC1=CCCCc2cc(O)ccc2OCCC1. The summed E-state index contributed by atoms with van der Waals surface area (Å²) >= 11 is 0. The van der Waals surface area contributed by atoms with Gasteiger partial charge in [0, 0.05) is 0 Å². The van der Waals surface area contributed by atoms with Gasteiger partial charge in [-0.15, -0.1) is 0 Å². The van der Waals surface area contributed by atoms with Gasteiger partial charge in [0.15, 0.2) is 0 Å². The van der Waals surface area contributed by atoms with Gasteiger partial charge in [-0.1, -0.05) is 11.6 Å². The van der Waals surface area contributed by atoms with Crippen LogP contribution in [0, 0.1) is 0 Å². The predicted octanol–water partition coefficient (Wildman–Crippen LogP) is 3.83. The smallest absolute Gasteiger partial charge is 0.122 e. The number of phenolic OH excluding ortho intramolecular Hbond substituents is 1. The van der Waals surface area contributed by atoms with Crippen LogP contribution < -0.4 is 4.74 Å². The summed E-state index contributed by atoms with van der Waals surface area (Å²) in [6, 6.07) is 5.40. The Hall–Kier alpha value is -1.44. The van der Waals surface area contributed by atoms with Crippen LogP contribution in [-0.4, -0.2) is 11.7 Å². The molecule has 17 heavy (non-hydrogen) atoms. The molecule has 1 aromatic carbocycles. The fourth-order valence-corrected chi connectivity index (χ4v) is 2.18. The van der Waals surface area contributed by atoms with Gasteiger partial charge in [-0.2, -0.15) is 0 Å². The molecular weight excluding hydrogens is 212 g/mol. The minimum atomic E-state index is 0.328. The topological polar surface area (TPSA) is 29.5 Å². The van der Waals surface area contributed by atoms with Crippen molar-refractivity contribution in [1.82, 2.24) is 0 Å². The Bertz CT molecular complexity index is 407. The predicted molar refractivity (Wildman–Crippen MR) is 69.5 cm³/mol. The van der Waals surface area contributed by atoms with Crippen molar-refractivity contribution in [1.29, 1.82) is 0 Å². The van der Waals surface area contributed by atoms with Crippen LogP contribution in [0.25, 0.3) is 0 Å². The van der Waals surface area contributed by atoms with Gasteiger partial charge in [0.1, 0.15) is 11.5 Å². The molecule has 0 atom stereocenters. The van der Waals surface area contributed by atoms with E-state index in [1.165, 1.54) is 5.57 Å². The molecule has 1 heterocycles. The molecule has 1 aliphatic heterocycles. The maximum atomic E-state index is 9.51. The van der Waals surface area contributed by atoms with Crippen LogP contribution in [0.3, 0.4) is 0 Å². The van der Waals surface area contributed by atoms with Crippen molar-refractivity contribution in [3.05, 3.63) is 35.4 Å². The Labute approximate surface area is 103 Å². The summed E-state index contributed by atoms with van der Waals surface area (Å²) in [6.45, 7) is 2.94. The van der Waals surface area contributed by atoms with Crippen LogP contribution in [0.1, 0.15) is 38.2 Å². The van der Waals surface area contributed by atoms with E-state index in [0.29, 0.717) is 5.75 Å². The van der Waals surface area contributed by atoms with E-state index in [9.17, 15) is 5.11 Å². The molecule has 0 spiro atoms. The summed E-state index contributed by atoms with van der Waals surface area (Å²) < 4.78 is 5.78. The second-order valence-corrected chi connectivity index (χ2v) is 4.69. The van der Waals surface area contributed by atoms with Crippen molar-refractivity contribution in [3.63, 3.8) is 0 Å². The van der Waals surface area contributed by atoms with E-state index in [-0.39, 0.29) is 0 Å². The molecule has 0 radical (unpaired) electrons. The monoisotopic (exact) mass is 232 g/mol. The number of aryl methyl sites for hydroxylation is 1. The molecule has 0 saturated carbocycles. The second kappa shape index (κ2) is 5.76. The van der Waals surface area contributed by atoms with E-state index in [4.69, 9.17) is 4.74 Å². The lowest BCUT2D eigenvalue weighted by Gasteiger charge is -2.11. The molecule has 2 nitrogen and oxygen atoms in total. The van der Waals surface area contributed by atoms with E-state index in [1.807, 2.05) is 12.1 Å². The van der Waals surface area contributed by atoms with Gasteiger partial charge in [-0.3, -0.25) is 0 Å². The van der Waals surface area contributed by atoms with E-state index < -0.39 is 0 Å². The molecule has 92 valence electrons. The zero-order chi connectivity index (χ0) is 12.1. The summed E-state index contributed by atoms with van der Waals surface area (Å²) in [5.74, 6) is 1.26. The van der Waals surface area contributed by atoms with Crippen molar-refractivity contribution in [3.8, 4) is 11.5 Å². The molecule has 2 rings (SSSR count). The van der Waals surface area contributed by atoms with Crippen LogP contribution in [0.2, 0.25) is 0 Å². The van der Waals surface area contributed by atoms with Crippen LogP contribution in [0.4, 0.5) is 0 Å². The first-order chi connectivity index (χ1) is 8.25. The van der Waals surface area contributed by atoms with Gasteiger partial charge < -0.3 is 9.84 Å². The lowest BCUT2D eigenvalue weighted by atomic mass is 10.1. The number of ether oxygens (including phenoxy) is 1. The van der Waals surface area contributed by atoms with Crippen LogP contribution in [0.5, 0.6) is 11.5 Å². The van der Waals surface area contributed by atoms with Crippen molar-refractivity contribution < 1.29 is 9.84 Å². The minimum absolute atomic E-state index is 0.328. The number of hydrogen-bond donors (Lipinski definition) is 1. The number of fused-ring (bicyclic) bond motifs is 1.